The van der Waals surface area contributed by atoms with Crippen molar-refractivity contribution in [2.24, 2.45) is 0 Å². The predicted molar refractivity (Wildman–Crippen MR) is 70.2 cm³/mol. The summed E-state index contributed by atoms with van der Waals surface area (Å²) < 4.78 is 0. The second-order valence-corrected chi connectivity index (χ2v) is 4.54. The molecule has 1 unspecified atom stereocenters. The van der Waals surface area contributed by atoms with Gasteiger partial charge in [-0.25, -0.2) is 0 Å². The summed E-state index contributed by atoms with van der Waals surface area (Å²) in [7, 11) is 0. The lowest BCUT2D eigenvalue weighted by molar-refractivity contribution is -0.120. The van der Waals surface area contributed by atoms with E-state index in [4.69, 9.17) is 0 Å². The van der Waals surface area contributed by atoms with Gasteiger partial charge in [0.2, 0.25) is 5.91 Å². The van der Waals surface area contributed by atoms with E-state index < -0.39 is 0 Å². The van der Waals surface area contributed by atoms with Crippen LogP contribution in [0.5, 0.6) is 0 Å². The van der Waals surface area contributed by atoms with E-state index in [0.717, 1.165) is 30.8 Å². The number of nitrogens with one attached hydrogen (secondary N) is 1. The molecule has 0 aromatic heterocycles. The molecule has 0 spiro atoms. The Morgan fingerprint density at radius 1 is 1.35 bits per heavy atom. The molecule has 3 nitrogen and oxygen atoms in total. The predicted octanol–water partition coefficient (Wildman–Crippen LogP) is 2.40. The molecule has 0 aliphatic carbocycles. The zero-order valence-electron chi connectivity index (χ0n) is 10.8. The number of carbonyl (C=O) groups is 1. The topological polar surface area (TPSA) is 32.3 Å². The van der Waals surface area contributed by atoms with Crippen molar-refractivity contribution in [3.05, 3.63) is 29.3 Å². The Balaban J connectivity index is 2.41. The van der Waals surface area contributed by atoms with Gasteiger partial charge in [0.25, 0.3) is 0 Å². The van der Waals surface area contributed by atoms with Gasteiger partial charge in [-0.15, -0.1) is 0 Å². The Labute approximate surface area is 103 Å². The van der Waals surface area contributed by atoms with Crippen LogP contribution in [0.25, 0.3) is 0 Å². The second-order valence-electron chi connectivity index (χ2n) is 4.54. The zero-order valence-corrected chi connectivity index (χ0v) is 10.8. The highest BCUT2D eigenvalue weighted by Crippen LogP contribution is 2.36. The third-order valence-electron chi connectivity index (χ3n) is 3.15. The lowest BCUT2D eigenvalue weighted by atomic mass is 10.1. The molecule has 1 aromatic carbocycles. The molecule has 0 fully saturated rings. The van der Waals surface area contributed by atoms with Crippen LogP contribution in [0.15, 0.2) is 18.2 Å². The fourth-order valence-electron chi connectivity index (χ4n) is 2.41. The molecule has 1 aliphatic heterocycles. The van der Waals surface area contributed by atoms with Crippen LogP contribution in [0.4, 0.5) is 5.69 Å². The Kier molecular flexibility index (Phi) is 3.48. The average Bonchev–Trinajstić information content (AvgIpc) is 2.55. The maximum Gasteiger partial charge on any atom is 0.248 e. The maximum atomic E-state index is 12.3. The Morgan fingerprint density at radius 2 is 2.12 bits per heavy atom. The number of hydrogen-bond donors (Lipinski definition) is 1. The lowest BCUT2D eigenvalue weighted by Gasteiger charge is -2.16. The summed E-state index contributed by atoms with van der Waals surface area (Å²) in [6.07, 6.45) is 0.984. The average molecular weight is 232 g/mol. The molecule has 0 saturated heterocycles. The van der Waals surface area contributed by atoms with Crippen molar-refractivity contribution < 1.29 is 4.79 Å². The Bertz CT molecular complexity index is 428. The van der Waals surface area contributed by atoms with Crippen molar-refractivity contribution in [1.29, 1.82) is 0 Å². The van der Waals surface area contributed by atoms with E-state index in [1.165, 1.54) is 5.56 Å². The van der Waals surface area contributed by atoms with E-state index >= 15 is 0 Å². The first-order valence-corrected chi connectivity index (χ1v) is 6.34. The number of benzene rings is 1. The van der Waals surface area contributed by atoms with Crippen LogP contribution in [0.3, 0.4) is 0 Å². The van der Waals surface area contributed by atoms with E-state index in [1.54, 1.807) is 0 Å². The van der Waals surface area contributed by atoms with Crippen LogP contribution in [0, 0.1) is 6.92 Å². The van der Waals surface area contributed by atoms with Gasteiger partial charge < -0.3 is 10.2 Å². The smallest absolute Gasteiger partial charge is 0.248 e. The third-order valence-corrected chi connectivity index (χ3v) is 3.15. The molecule has 3 heteroatoms. The highest BCUT2D eigenvalue weighted by Gasteiger charge is 2.35. The first kappa shape index (κ1) is 12.1. The monoisotopic (exact) mass is 232 g/mol. The molecule has 1 amide bonds. The molecular formula is C14H20N2O. The van der Waals surface area contributed by atoms with Crippen molar-refractivity contribution in [2.45, 2.75) is 33.2 Å². The summed E-state index contributed by atoms with van der Waals surface area (Å²) >= 11 is 0. The molecule has 1 aromatic rings. The SMILES string of the molecule is CCCN1C(=O)C(NCC)c2cc(C)ccc21. The lowest BCUT2D eigenvalue weighted by Crippen LogP contribution is -2.35. The Hall–Kier alpha value is -1.35. The number of likely N-dealkylation sites (N-methyl/N-ethyl adjacent to an activating group) is 1. The molecule has 2 rings (SSSR count). The number of hydrogen-bond acceptors (Lipinski definition) is 2. The van der Waals surface area contributed by atoms with Gasteiger partial charge >= 0.3 is 0 Å². The van der Waals surface area contributed by atoms with Crippen LogP contribution < -0.4 is 10.2 Å². The number of rotatable bonds is 4. The first-order valence-electron chi connectivity index (χ1n) is 6.34. The summed E-state index contributed by atoms with van der Waals surface area (Å²) in [5.74, 6) is 0.189. The minimum Gasteiger partial charge on any atom is -0.310 e. The highest BCUT2D eigenvalue weighted by molar-refractivity contribution is 6.04. The van der Waals surface area contributed by atoms with Crippen LogP contribution >= 0.6 is 0 Å². The quantitative estimate of drug-likeness (QED) is 0.864. The van der Waals surface area contributed by atoms with Gasteiger partial charge in [-0.1, -0.05) is 31.5 Å². The van der Waals surface area contributed by atoms with Crippen molar-refractivity contribution in [3.63, 3.8) is 0 Å². The number of nitrogens with zero attached hydrogens (tertiary/aromatic N) is 1. The number of anilines is 1. The van der Waals surface area contributed by atoms with Gasteiger partial charge in [-0.05, 0) is 26.0 Å². The highest BCUT2D eigenvalue weighted by atomic mass is 16.2. The van der Waals surface area contributed by atoms with E-state index in [9.17, 15) is 4.79 Å². The molecule has 1 N–H and O–H groups in total. The van der Waals surface area contributed by atoms with Crippen LogP contribution in [0.2, 0.25) is 0 Å². The summed E-state index contributed by atoms with van der Waals surface area (Å²) in [4.78, 5) is 14.2. The Morgan fingerprint density at radius 3 is 2.76 bits per heavy atom. The van der Waals surface area contributed by atoms with Crippen molar-refractivity contribution in [1.82, 2.24) is 5.32 Å². The summed E-state index contributed by atoms with van der Waals surface area (Å²) in [5, 5.41) is 3.27. The number of fused-ring (bicyclic) bond motifs is 1. The fourth-order valence-corrected chi connectivity index (χ4v) is 2.41. The molecule has 1 aliphatic rings. The molecule has 0 radical (unpaired) electrons. The van der Waals surface area contributed by atoms with Gasteiger partial charge in [0.1, 0.15) is 6.04 Å². The molecule has 1 heterocycles. The van der Waals surface area contributed by atoms with Crippen LogP contribution in [-0.4, -0.2) is 19.0 Å². The minimum absolute atomic E-state index is 0.151. The summed E-state index contributed by atoms with van der Waals surface area (Å²) in [6.45, 7) is 7.81. The van der Waals surface area contributed by atoms with Gasteiger partial charge in [0.05, 0.1) is 0 Å². The van der Waals surface area contributed by atoms with E-state index in [1.807, 2.05) is 11.8 Å². The zero-order chi connectivity index (χ0) is 12.4. The molecule has 0 saturated carbocycles. The van der Waals surface area contributed by atoms with Gasteiger partial charge in [-0.2, -0.15) is 0 Å². The standard InChI is InChI=1S/C14H20N2O/c1-4-8-16-12-7-6-10(3)9-11(12)13(14(16)17)15-5-2/h6-7,9,13,15H,4-5,8H2,1-3H3. The second kappa shape index (κ2) is 4.88. The van der Waals surface area contributed by atoms with Gasteiger partial charge in [0, 0.05) is 17.8 Å². The van der Waals surface area contributed by atoms with E-state index in [0.29, 0.717) is 0 Å². The molecule has 0 bridgehead atoms. The van der Waals surface area contributed by atoms with Crippen molar-refractivity contribution in [2.75, 3.05) is 18.0 Å². The number of aryl methyl sites for hydroxylation is 1. The maximum absolute atomic E-state index is 12.3. The normalized spacial score (nSPS) is 18.6. The van der Waals surface area contributed by atoms with Crippen molar-refractivity contribution in [3.8, 4) is 0 Å². The van der Waals surface area contributed by atoms with Crippen LogP contribution in [-0.2, 0) is 4.79 Å². The van der Waals surface area contributed by atoms with E-state index in [2.05, 4.69) is 37.4 Å². The molecular weight excluding hydrogens is 212 g/mol. The number of amides is 1. The first-order chi connectivity index (χ1) is 8.19. The largest absolute Gasteiger partial charge is 0.310 e. The minimum atomic E-state index is -0.151. The molecule has 1 atom stereocenters. The van der Waals surface area contributed by atoms with Crippen LogP contribution in [0.1, 0.15) is 37.4 Å². The van der Waals surface area contributed by atoms with Gasteiger partial charge in [-0.3, -0.25) is 4.79 Å². The van der Waals surface area contributed by atoms with Crippen molar-refractivity contribution >= 4 is 11.6 Å². The summed E-state index contributed by atoms with van der Waals surface area (Å²) in [6, 6.07) is 6.11. The third kappa shape index (κ3) is 2.07. The van der Waals surface area contributed by atoms with Gasteiger partial charge in [0.15, 0.2) is 0 Å². The number of carbonyl (C=O) groups excluding carboxylic acids is 1. The molecule has 92 valence electrons. The fraction of sp³-hybridized carbons (Fsp3) is 0.500. The molecule has 17 heavy (non-hydrogen) atoms. The summed E-state index contributed by atoms with van der Waals surface area (Å²) in [5.41, 5.74) is 3.41. The van der Waals surface area contributed by atoms with E-state index in [-0.39, 0.29) is 11.9 Å².